The number of carbonyl (C=O) groups is 1. The number of hydrogen-bond acceptors (Lipinski definition) is 5. The van der Waals surface area contributed by atoms with Crippen molar-refractivity contribution < 1.29 is 9.53 Å². The molecule has 0 spiro atoms. The van der Waals surface area contributed by atoms with Crippen LogP contribution < -0.4 is 5.73 Å². The van der Waals surface area contributed by atoms with E-state index in [1.54, 1.807) is 13.1 Å². The number of ether oxygens (including phenoxy) is 1. The second-order valence-electron chi connectivity index (χ2n) is 3.85. The Morgan fingerprint density at radius 3 is 3.00 bits per heavy atom. The maximum Gasteiger partial charge on any atom is 0.340 e. The molecule has 0 amide bonds. The van der Waals surface area contributed by atoms with E-state index in [1.165, 1.54) is 22.9 Å². The van der Waals surface area contributed by atoms with Crippen molar-refractivity contribution >= 4 is 23.3 Å². The second-order valence-corrected chi connectivity index (χ2v) is 4.26. The van der Waals surface area contributed by atoms with Gasteiger partial charge in [0.15, 0.2) is 0 Å². The summed E-state index contributed by atoms with van der Waals surface area (Å²) in [6.45, 7) is 1.92. The molecular formula is C13H11ClN4O2. The molecule has 0 aliphatic carbocycles. The highest BCUT2D eigenvalue weighted by Gasteiger charge is 2.20. The minimum Gasteiger partial charge on any atom is -0.462 e. The third-order valence-electron chi connectivity index (χ3n) is 2.56. The Morgan fingerprint density at radius 1 is 1.60 bits per heavy atom. The Hall–Kier alpha value is -2.52. The average Bonchev–Trinajstić information content (AvgIpc) is 2.86. The highest BCUT2D eigenvalue weighted by Crippen LogP contribution is 2.29. The van der Waals surface area contributed by atoms with Crippen LogP contribution in [0.4, 0.5) is 5.69 Å². The first-order valence-corrected chi connectivity index (χ1v) is 6.16. The van der Waals surface area contributed by atoms with E-state index in [0.29, 0.717) is 11.4 Å². The molecule has 2 rings (SSSR count). The number of nitrogens with zero attached hydrogens (tertiary/aromatic N) is 3. The van der Waals surface area contributed by atoms with Crippen molar-refractivity contribution in [3.63, 3.8) is 0 Å². The largest absolute Gasteiger partial charge is 0.462 e. The molecule has 0 saturated heterocycles. The van der Waals surface area contributed by atoms with E-state index < -0.39 is 5.97 Å². The molecule has 2 N–H and O–H groups in total. The van der Waals surface area contributed by atoms with E-state index >= 15 is 0 Å². The fraction of sp³-hybridized carbons (Fsp3) is 0.154. The van der Waals surface area contributed by atoms with Gasteiger partial charge in [-0.2, -0.15) is 5.26 Å². The molecule has 0 aliphatic rings. The van der Waals surface area contributed by atoms with Crippen LogP contribution in [0.2, 0.25) is 5.02 Å². The van der Waals surface area contributed by atoms with Crippen molar-refractivity contribution in [3.05, 3.63) is 40.9 Å². The van der Waals surface area contributed by atoms with Gasteiger partial charge in [0.1, 0.15) is 6.07 Å². The average molecular weight is 291 g/mol. The standard InChI is InChI=1S/C13H11ClN4O2/c1-2-20-13(19)9-5-8(16)6-10(14)12(9)18-4-3-17-11(18)7-15/h3-6H,2,16H2,1H3. The molecule has 0 aliphatic heterocycles. The molecule has 7 heteroatoms. The monoisotopic (exact) mass is 290 g/mol. The lowest BCUT2D eigenvalue weighted by Crippen LogP contribution is -2.11. The molecule has 102 valence electrons. The van der Waals surface area contributed by atoms with Crippen molar-refractivity contribution in [1.29, 1.82) is 5.26 Å². The molecule has 0 saturated carbocycles. The quantitative estimate of drug-likeness (QED) is 0.690. The minimum atomic E-state index is -0.561. The first-order valence-electron chi connectivity index (χ1n) is 5.78. The normalized spacial score (nSPS) is 10.1. The van der Waals surface area contributed by atoms with E-state index in [-0.39, 0.29) is 23.0 Å². The van der Waals surface area contributed by atoms with Crippen LogP contribution in [0.3, 0.4) is 0 Å². The summed E-state index contributed by atoms with van der Waals surface area (Å²) >= 11 is 6.15. The van der Waals surface area contributed by atoms with Gasteiger partial charge < -0.3 is 10.5 Å². The molecule has 0 atom stereocenters. The van der Waals surface area contributed by atoms with Crippen LogP contribution in [0, 0.1) is 11.3 Å². The number of esters is 1. The summed E-state index contributed by atoms with van der Waals surface area (Å²) in [5.74, 6) is -0.448. The summed E-state index contributed by atoms with van der Waals surface area (Å²) in [5, 5.41) is 9.27. The minimum absolute atomic E-state index is 0.113. The topological polar surface area (TPSA) is 93.9 Å². The zero-order chi connectivity index (χ0) is 14.7. The predicted molar refractivity (Wildman–Crippen MR) is 73.7 cm³/mol. The summed E-state index contributed by atoms with van der Waals surface area (Å²) in [6.07, 6.45) is 2.98. The van der Waals surface area contributed by atoms with Crippen molar-refractivity contribution in [3.8, 4) is 11.8 Å². The maximum atomic E-state index is 12.0. The zero-order valence-corrected chi connectivity index (χ0v) is 11.4. The number of halogens is 1. The van der Waals surface area contributed by atoms with Crippen molar-refractivity contribution in [2.75, 3.05) is 12.3 Å². The number of nitrogen functional groups attached to an aromatic ring is 1. The maximum absolute atomic E-state index is 12.0. The number of anilines is 1. The van der Waals surface area contributed by atoms with Crippen LogP contribution in [0.5, 0.6) is 0 Å². The van der Waals surface area contributed by atoms with E-state index in [0.717, 1.165) is 0 Å². The second kappa shape index (κ2) is 5.63. The highest BCUT2D eigenvalue weighted by molar-refractivity contribution is 6.33. The third kappa shape index (κ3) is 2.44. The summed E-state index contributed by atoms with van der Waals surface area (Å²) in [4.78, 5) is 15.9. The predicted octanol–water partition coefficient (Wildman–Crippen LogP) is 2.16. The molecule has 1 aromatic carbocycles. The summed E-state index contributed by atoms with van der Waals surface area (Å²) in [7, 11) is 0. The number of rotatable bonds is 3. The summed E-state index contributed by atoms with van der Waals surface area (Å²) < 4.78 is 6.41. The number of aromatic nitrogens is 2. The Morgan fingerprint density at radius 2 is 2.35 bits per heavy atom. The number of hydrogen-bond donors (Lipinski definition) is 1. The van der Waals surface area contributed by atoms with Crippen LogP contribution in [-0.2, 0) is 4.74 Å². The fourth-order valence-corrected chi connectivity index (χ4v) is 2.11. The molecule has 0 radical (unpaired) electrons. The third-order valence-corrected chi connectivity index (χ3v) is 2.85. The molecule has 1 heterocycles. The fourth-order valence-electron chi connectivity index (χ4n) is 1.80. The lowest BCUT2D eigenvalue weighted by Gasteiger charge is -2.13. The summed E-state index contributed by atoms with van der Waals surface area (Å²) in [6, 6.07) is 4.88. The van der Waals surface area contributed by atoms with E-state index in [1.807, 2.05) is 6.07 Å². The lowest BCUT2D eigenvalue weighted by molar-refractivity contribution is 0.0526. The number of carbonyl (C=O) groups excluding carboxylic acids is 1. The Balaban J connectivity index is 2.69. The van der Waals surface area contributed by atoms with Gasteiger partial charge in [-0.05, 0) is 19.1 Å². The SMILES string of the molecule is CCOC(=O)c1cc(N)cc(Cl)c1-n1ccnc1C#N. The Kier molecular flexibility index (Phi) is 3.91. The first-order chi connectivity index (χ1) is 9.58. The Bertz CT molecular complexity index is 703. The molecule has 6 nitrogen and oxygen atoms in total. The van der Waals surface area contributed by atoms with Gasteiger partial charge in [-0.3, -0.25) is 4.57 Å². The van der Waals surface area contributed by atoms with E-state index in [9.17, 15) is 4.79 Å². The van der Waals surface area contributed by atoms with Gasteiger partial charge in [0.05, 0.1) is 22.9 Å². The van der Waals surface area contributed by atoms with Crippen LogP contribution in [0.15, 0.2) is 24.5 Å². The van der Waals surface area contributed by atoms with Crippen LogP contribution in [0.25, 0.3) is 5.69 Å². The molecule has 2 aromatic rings. The van der Waals surface area contributed by atoms with Gasteiger partial charge in [-0.25, -0.2) is 9.78 Å². The van der Waals surface area contributed by atoms with Gasteiger partial charge in [-0.15, -0.1) is 0 Å². The lowest BCUT2D eigenvalue weighted by atomic mass is 10.1. The molecule has 20 heavy (non-hydrogen) atoms. The molecule has 0 bridgehead atoms. The first kappa shape index (κ1) is 13.9. The van der Waals surface area contributed by atoms with E-state index in [2.05, 4.69) is 4.98 Å². The number of imidazole rings is 1. The van der Waals surface area contributed by atoms with Crippen molar-refractivity contribution in [2.24, 2.45) is 0 Å². The number of nitriles is 1. The van der Waals surface area contributed by atoms with Gasteiger partial charge in [0.2, 0.25) is 5.82 Å². The zero-order valence-electron chi connectivity index (χ0n) is 10.6. The molecule has 0 unspecified atom stereocenters. The Labute approximate surface area is 120 Å². The van der Waals surface area contributed by atoms with Gasteiger partial charge in [0, 0.05) is 18.1 Å². The van der Waals surface area contributed by atoms with Crippen molar-refractivity contribution in [1.82, 2.24) is 9.55 Å². The van der Waals surface area contributed by atoms with Crippen molar-refractivity contribution in [2.45, 2.75) is 6.92 Å². The number of benzene rings is 1. The molecular weight excluding hydrogens is 280 g/mol. The molecule has 0 fully saturated rings. The van der Waals surface area contributed by atoms with Crippen LogP contribution in [0.1, 0.15) is 23.1 Å². The van der Waals surface area contributed by atoms with Gasteiger partial charge in [-0.1, -0.05) is 11.6 Å². The smallest absolute Gasteiger partial charge is 0.340 e. The summed E-state index contributed by atoms with van der Waals surface area (Å²) in [5.41, 5.74) is 6.55. The van der Waals surface area contributed by atoms with Gasteiger partial charge >= 0.3 is 5.97 Å². The van der Waals surface area contributed by atoms with Crippen LogP contribution in [-0.4, -0.2) is 22.1 Å². The number of nitrogens with two attached hydrogens (primary N) is 1. The van der Waals surface area contributed by atoms with Crippen LogP contribution >= 0.6 is 11.6 Å². The highest BCUT2D eigenvalue weighted by atomic mass is 35.5. The molecule has 1 aromatic heterocycles. The van der Waals surface area contributed by atoms with E-state index in [4.69, 9.17) is 27.3 Å². The van der Waals surface area contributed by atoms with Gasteiger partial charge in [0.25, 0.3) is 0 Å².